The van der Waals surface area contributed by atoms with E-state index in [1.807, 2.05) is 0 Å². The van der Waals surface area contributed by atoms with E-state index in [1.54, 1.807) is 12.4 Å². The minimum absolute atomic E-state index is 0.0811. The van der Waals surface area contributed by atoms with Crippen molar-refractivity contribution >= 4 is 11.7 Å². The molecular formula is C16H24N4O. The van der Waals surface area contributed by atoms with Crippen LogP contribution in [0.25, 0.3) is 0 Å². The fourth-order valence-electron chi connectivity index (χ4n) is 3.23. The van der Waals surface area contributed by atoms with E-state index in [0.29, 0.717) is 11.7 Å². The molecule has 1 amide bonds. The maximum absolute atomic E-state index is 12.2. The largest absolute Gasteiger partial charge is 0.355 e. The van der Waals surface area contributed by atoms with Gasteiger partial charge in [0.05, 0.1) is 12.4 Å². The lowest BCUT2D eigenvalue weighted by Crippen LogP contribution is -2.35. The number of amides is 1. The lowest BCUT2D eigenvalue weighted by Gasteiger charge is -2.17. The lowest BCUT2D eigenvalue weighted by atomic mass is 10.1. The van der Waals surface area contributed by atoms with Crippen molar-refractivity contribution in [2.75, 3.05) is 18.0 Å². The van der Waals surface area contributed by atoms with E-state index in [2.05, 4.69) is 20.2 Å². The van der Waals surface area contributed by atoms with Crippen LogP contribution in [0.2, 0.25) is 0 Å². The van der Waals surface area contributed by atoms with Crippen LogP contribution in [0, 0.1) is 0 Å². The van der Waals surface area contributed by atoms with Gasteiger partial charge in [-0.1, -0.05) is 25.7 Å². The number of hydrogen-bond acceptors (Lipinski definition) is 4. The normalized spacial score (nSPS) is 20.3. The first kappa shape index (κ1) is 14.3. The first-order chi connectivity index (χ1) is 10.3. The molecule has 0 spiro atoms. The van der Waals surface area contributed by atoms with Gasteiger partial charge < -0.3 is 10.2 Å². The SMILES string of the molecule is O=C(NC1CCCCCC1)c1cnc(N2CCCC2)cn1. The minimum Gasteiger partial charge on any atom is -0.355 e. The molecule has 5 nitrogen and oxygen atoms in total. The van der Waals surface area contributed by atoms with Crippen LogP contribution in [0.1, 0.15) is 61.9 Å². The molecule has 5 heteroatoms. The highest BCUT2D eigenvalue weighted by molar-refractivity contribution is 5.92. The quantitative estimate of drug-likeness (QED) is 0.868. The summed E-state index contributed by atoms with van der Waals surface area (Å²) in [6, 6.07) is 0.306. The number of nitrogens with zero attached hydrogens (tertiary/aromatic N) is 3. The fourth-order valence-corrected chi connectivity index (χ4v) is 3.23. The number of aromatic nitrogens is 2. The zero-order valence-electron chi connectivity index (χ0n) is 12.6. The van der Waals surface area contributed by atoms with Gasteiger partial charge in [0, 0.05) is 19.1 Å². The van der Waals surface area contributed by atoms with Gasteiger partial charge in [0.15, 0.2) is 0 Å². The molecule has 0 bridgehead atoms. The highest BCUT2D eigenvalue weighted by Gasteiger charge is 2.18. The van der Waals surface area contributed by atoms with Gasteiger partial charge in [0.2, 0.25) is 0 Å². The highest BCUT2D eigenvalue weighted by atomic mass is 16.1. The van der Waals surface area contributed by atoms with Gasteiger partial charge in [-0.15, -0.1) is 0 Å². The van der Waals surface area contributed by atoms with E-state index in [1.165, 1.54) is 38.5 Å². The molecule has 21 heavy (non-hydrogen) atoms. The van der Waals surface area contributed by atoms with Gasteiger partial charge in [-0.05, 0) is 25.7 Å². The predicted octanol–water partition coefficient (Wildman–Crippen LogP) is 2.53. The number of carbonyl (C=O) groups is 1. The van der Waals surface area contributed by atoms with Gasteiger partial charge >= 0.3 is 0 Å². The van der Waals surface area contributed by atoms with Crippen LogP contribution in [0.3, 0.4) is 0 Å². The molecular weight excluding hydrogens is 264 g/mol. The van der Waals surface area contributed by atoms with E-state index in [-0.39, 0.29) is 5.91 Å². The number of nitrogens with one attached hydrogen (secondary N) is 1. The Hall–Kier alpha value is -1.65. The van der Waals surface area contributed by atoms with Crippen LogP contribution in [0.4, 0.5) is 5.82 Å². The van der Waals surface area contributed by atoms with E-state index in [0.717, 1.165) is 31.7 Å². The molecule has 0 aromatic carbocycles. The summed E-state index contributed by atoms with van der Waals surface area (Å²) in [7, 11) is 0. The average molecular weight is 288 g/mol. The maximum Gasteiger partial charge on any atom is 0.271 e. The molecule has 1 aliphatic carbocycles. The van der Waals surface area contributed by atoms with Crippen LogP contribution in [-0.4, -0.2) is 35.0 Å². The Morgan fingerprint density at radius 3 is 2.33 bits per heavy atom. The Labute approximate surface area is 126 Å². The Morgan fingerprint density at radius 2 is 1.71 bits per heavy atom. The molecule has 1 saturated carbocycles. The van der Waals surface area contributed by atoms with Crippen molar-refractivity contribution in [1.29, 1.82) is 0 Å². The van der Waals surface area contributed by atoms with Gasteiger partial charge in [-0.3, -0.25) is 4.79 Å². The molecule has 0 radical (unpaired) electrons. The molecule has 2 fully saturated rings. The summed E-state index contributed by atoms with van der Waals surface area (Å²) in [5.41, 5.74) is 0.433. The van der Waals surface area contributed by atoms with Crippen molar-refractivity contribution in [3.63, 3.8) is 0 Å². The lowest BCUT2D eigenvalue weighted by molar-refractivity contribution is 0.0928. The molecule has 0 atom stereocenters. The monoisotopic (exact) mass is 288 g/mol. The molecule has 2 heterocycles. The Kier molecular flexibility index (Phi) is 4.68. The van der Waals surface area contributed by atoms with Crippen LogP contribution < -0.4 is 10.2 Å². The van der Waals surface area contributed by atoms with E-state index in [4.69, 9.17) is 0 Å². The minimum atomic E-state index is -0.0811. The fraction of sp³-hybridized carbons (Fsp3) is 0.688. The molecule has 1 aromatic heterocycles. The zero-order valence-corrected chi connectivity index (χ0v) is 12.6. The number of hydrogen-bond donors (Lipinski definition) is 1. The van der Waals surface area contributed by atoms with E-state index < -0.39 is 0 Å². The molecule has 114 valence electrons. The van der Waals surface area contributed by atoms with Crippen molar-refractivity contribution in [1.82, 2.24) is 15.3 Å². The maximum atomic E-state index is 12.2. The summed E-state index contributed by atoms with van der Waals surface area (Å²) in [5, 5.41) is 3.11. The standard InChI is InChI=1S/C16H24N4O/c21-16(19-13-7-3-1-2-4-8-13)14-11-18-15(12-17-14)20-9-5-6-10-20/h11-13H,1-10H2,(H,19,21). The number of anilines is 1. The van der Waals surface area contributed by atoms with Crippen molar-refractivity contribution in [3.8, 4) is 0 Å². The third-order valence-electron chi connectivity index (χ3n) is 4.49. The molecule has 0 unspecified atom stereocenters. The van der Waals surface area contributed by atoms with Gasteiger partial charge in [0.25, 0.3) is 5.91 Å². The molecule has 1 N–H and O–H groups in total. The van der Waals surface area contributed by atoms with Crippen LogP contribution in [0.15, 0.2) is 12.4 Å². The van der Waals surface area contributed by atoms with Gasteiger partial charge in [0.1, 0.15) is 11.5 Å². The Balaban J connectivity index is 1.58. The van der Waals surface area contributed by atoms with Crippen LogP contribution >= 0.6 is 0 Å². The summed E-state index contributed by atoms with van der Waals surface area (Å²) in [6.45, 7) is 2.09. The summed E-state index contributed by atoms with van der Waals surface area (Å²) in [5.74, 6) is 0.806. The second kappa shape index (κ2) is 6.87. The second-order valence-electron chi connectivity index (χ2n) is 6.12. The Morgan fingerprint density at radius 1 is 1.00 bits per heavy atom. The van der Waals surface area contributed by atoms with E-state index >= 15 is 0 Å². The summed E-state index contributed by atoms with van der Waals surface area (Å²) >= 11 is 0. The first-order valence-electron chi connectivity index (χ1n) is 8.21. The smallest absolute Gasteiger partial charge is 0.271 e. The summed E-state index contributed by atoms with van der Waals surface area (Å²) < 4.78 is 0. The second-order valence-corrected chi connectivity index (χ2v) is 6.12. The number of rotatable bonds is 3. The summed E-state index contributed by atoms with van der Waals surface area (Å²) in [6.07, 6.45) is 12.9. The highest BCUT2D eigenvalue weighted by Crippen LogP contribution is 2.18. The molecule has 1 saturated heterocycles. The van der Waals surface area contributed by atoms with Gasteiger partial charge in [-0.25, -0.2) is 9.97 Å². The molecule has 1 aliphatic heterocycles. The van der Waals surface area contributed by atoms with Crippen LogP contribution in [0.5, 0.6) is 0 Å². The van der Waals surface area contributed by atoms with Gasteiger partial charge in [-0.2, -0.15) is 0 Å². The molecule has 2 aliphatic rings. The van der Waals surface area contributed by atoms with E-state index in [9.17, 15) is 4.79 Å². The topological polar surface area (TPSA) is 58.1 Å². The first-order valence-corrected chi connectivity index (χ1v) is 8.21. The average Bonchev–Trinajstić information content (AvgIpc) is 2.93. The summed E-state index contributed by atoms with van der Waals surface area (Å²) in [4.78, 5) is 23.1. The van der Waals surface area contributed by atoms with Crippen LogP contribution in [-0.2, 0) is 0 Å². The Bertz CT molecular complexity index is 460. The zero-order chi connectivity index (χ0) is 14.5. The third kappa shape index (κ3) is 3.71. The van der Waals surface area contributed by atoms with Crippen molar-refractivity contribution < 1.29 is 4.79 Å². The van der Waals surface area contributed by atoms with Crippen molar-refractivity contribution in [3.05, 3.63) is 18.1 Å². The van der Waals surface area contributed by atoms with Crippen molar-refractivity contribution in [2.45, 2.75) is 57.4 Å². The van der Waals surface area contributed by atoms with Crippen molar-refractivity contribution in [2.24, 2.45) is 0 Å². The molecule has 3 rings (SSSR count). The predicted molar refractivity (Wildman–Crippen MR) is 82.4 cm³/mol. The third-order valence-corrected chi connectivity index (χ3v) is 4.49. The molecule has 1 aromatic rings. The number of carbonyl (C=O) groups excluding carboxylic acids is 1.